The molecular formula is C20H27N5OS. The van der Waals surface area contributed by atoms with Gasteiger partial charge in [-0.05, 0) is 72.2 Å². The SMILES string of the molecule is Cc1ccc(-n2nnnc2SCC(=O)N2CC[C@@H]3CCCC[C@H]3C2)cc1C. The third-order valence-electron chi connectivity index (χ3n) is 6.14. The molecule has 7 heteroatoms. The Kier molecular flexibility index (Phi) is 5.48. The summed E-state index contributed by atoms with van der Waals surface area (Å²) in [5.41, 5.74) is 3.37. The van der Waals surface area contributed by atoms with Gasteiger partial charge in [0.15, 0.2) is 0 Å². The Morgan fingerprint density at radius 1 is 1.15 bits per heavy atom. The lowest BCUT2D eigenvalue weighted by molar-refractivity contribution is -0.131. The number of carbonyl (C=O) groups is 1. The van der Waals surface area contributed by atoms with Crippen LogP contribution in [0.4, 0.5) is 0 Å². The van der Waals surface area contributed by atoms with Crippen LogP contribution in [0.3, 0.4) is 0 Å². The van der Waals surface area contributed by atoms with Gasteiger partial charge in [-0.25, -0.2) is 0 Å². The van der Waals surface area contributed by atoms with Crippen LogP contribution >= 0.6 is 11.8 Å². The van der Waals surface area contributed by atoms with Gasteiger partial charge in [-0.2, -0.15) is 4.68 Å². The Hall–Kier alpha value is -1.89. The topological polar surface area (TPSA) is 63.9 Å². The van der Waals surface area contributed by atoms with Crippen LogP contribution in [0.1, 0.15) is 43.2 Å². The van der Waals surface area contributed by atoms with Gasteiger partial charge in [-0.15, -0.1) is 5.10 Å². The molecule has 0 radical (unpaired) electrons. The van der Waals surface area contributed by atoms with Crippen LogP contribution in [0.15, 0.2) is 23.4 Å². The molecule has 2 aromatic rings. The second kappa shape index (κ2) is 8.00. The zero-order valence-electron chi connectivity index (χ0n) is 16.1. The molecule has 1 aliphatic carbocycles. The number of aryl methyl sites for hydroxylation is 2. The van der Waals surface area contributed by atoms with Crippen molar-refractivity contribution in [2.24, 2.45) is 11.8 Å². The smallest absolute Gasteiger partial charge is 0.233 e. The third kappa shape index (κ3) is 4.03. The van der Waals surface area contributed by atoms with Crippen LogP contribution in [-0.4, -0.2) is 49.9 Å². The maximum atomic E-state index is 12.7. The summed E-state index contributed by atoms with van der Waals surface area (Å²) < 4.78 is 1.72. The number of tetrazole rings is 1. The molecule has 0 N–H and O–H groups in total. The highest BCUT2D eigenvalue weighted by Gasteiger charge is 2.32. The maximum absolute atomic E-state index is 12.7. The van der Waals surface area contributed by atoms with Crippen molar-refractivity contribution in [1.29, 1.82) is 0 Å². The van der Waals surface area contributed by atoms with Gasteiger partial charge >= 0.3 is 0 Å². The number of hydrogen-bond donors (Lipinski definition) is 0. The first kappa shape index (κ1) is 18.5. The van der Waals surface area contributed by atoms with E-state index in [4.69, 9.17) is 0 Å². The minimum Gasteiger partial charge on any atom is -0.342 e. The summed E-state index contributed by atoms with van der Waals surface area (Å²) in [6, 6.07) is 6.16. The summed E-state index contributed by atoms with van der Waals surface area (Å²) in [6.07, 6.45) is 6.50. The highest BCUT2D eigenvalue weighted by molar-refractivity contribution is 7.99. The van der Waals surface area contributed by atoms with Gasteiger partial charge in [0.25, 0.3) is 0 Å². The molecule has 0 unspecified atom stereocenters. The fourth-order valence-electron chi connectivity index (χ4n) is 4.33. The fraction of sp³-hybridized carbons (Fsp3) is 0.600. The number of fused-ring (bicyclic) bond motifs is 1. The van der Waals surface area contributed by atoms with Gasteiger partial charge in [0, 0.05) is 13.1 Å². The molecule has 1 aliphatic heterocycles. The first-order chi connectivity index (χ1) is 13.1. The van der Waals surface area contributed by atoms with Crippen molar-refractivity contribution in [1.82, 2.24) is 25.1 Å². The van der Waals surface area contributed by atoms with Gasteiger partial charge in [-0.3, -0.25) is 4.79 Å². The quantitative estimate of drug-likeness (QED) is 0.755. The second-order valence-electron chi connectivity index (χ2n) is 7.86. The number of hydrogen-bond acceptors (Lipinski definition) is 5. The van der Waals surface area contributed by atoms with E-state index in [9.17, 15) is 4.79 Å². The summed E-state index contributed by atoms with van der Waals surface area (Å²) in [7, 11) is 0. The summed E-state index contributed by atoms with van der Waals surface area (Å²) in [5, 5.41) is 12.7. The van der Waals surface area contributed by atoms with Crippen molar-refractivity contribution in [2.75, 3.05) is 18.8 Å². The Morgan fingerprint density at radius 3 is 2.78 bits per heavy atom. The molecule has 2 heterocycles. The van der Waals surface area contributed by atoms with Gasteiger partial charge in [0.05, 0.1) is 11.4 Å². The average Bonchev–Trinajstić information content (AvgIpc) is 3.16. The molecule has 2 atom stereocenters. The van der Waals surface area contributed by atoms with E-state index >= 15 is 0 Å². The molecule has 1 amide bonds. The van der Waals surface area contributed by atoms with Crippen molar-refractivity contribution in [3.05, 3.63) is 29.3 Å². The van der Waals surface area contributed by atoms with Gasteiger partial charge in [0.1, 0.15) is 0 Å². The number of carbonyl (C=O) groups excluding carboxylic acids is 1. The van der Waals surface area contributed by atoms with E-state index in [1.165, 1.54) is 55.0 Å². The molecule has 1 saturated heterocycles. The van der Waals surface area contributed by atoms with E-state index in [1.54, 1.807) is 4.68 Å². The minimum absolute atomic E-state index is 0.207. The Bertz CT molecular complexity index is 820. The number of amides is 1. The molecule has 1 aromatic heterocycles. The Balaban J connectivity index is 1.38. The van der Waals surface area contributed by atoms with Crippen molar-refractivity contribution < 1.29 is 4.79 Å². The number of piperidine rings is 1. The first-order valence-electron chi connectivity index (χ1n) is 9.88. The fourth-order valence-corrected chi connectivity index (χ4v) is 5.13. The zero-order chi connectivity index (χ0) is 18.8. The minimum atomic E-state index is 0.207. The van der Waals surface area contributed by atoms with E-state index in [-0.39, 0.29) is 5.91 Å². The summed E-state index contributed by atoms with van der Waals surface area (Å²) in [6.45, 7) is 6.01. The van der Waals surface area contributed by atoms with Crippen molar-refractivity contribution >= 4 is 17.7 Å². The highest BCUT2D eigenvalue weighted by atomic mass is 32.2. The normalized spacial score (nSPS) is 22.5. The summed E-state index contributed by atoms with van der Waals surface area (Å²) >= 11 is 1.43. The zero-order valence-corrected chi connectivity index (χ0v) is 16.9. The lowest BCUT2D eigenvalue weighted by Crippen LogP contribution is -2.45. The van der Waals surface area contributed by atoms with Crippen LogP contribution in [0.2, 0.25) is 0 Å². The molecule has 2 fully saturated rings. The van der Waals surface area contributed by atoms with Crippen LogP contribution in [-0.2, 0) is 4.79 Å². The lowest BCUT2D eigenvalue weighted by atomic mass is 9.75. The van der Waals surface area contributed by atoms with Gasteiger partial charge < -0.3 is 4.90 Å². The van der Waals surface area contributed by atoms with Gasteiger partial charge in [-0.1, -0.05) is 37.1 Å². The molecule has 144 valence electrons. The highest BCUT2D eigenvalue weighted by Crippen LogP contribution is 2.36. The molecule has 27 heavy (non-hydrogen) atoms. The molecule has 6 nitrogen and oxygen atoms in total. The molecule has 1 aromatic carbocycles. The van der Waals surface area contributed by atoms with E-state index in [1.807, 2.05) is 6.07 Å². The van der Waals surface area contributed by atoms with Crippen LogP contribution in [0.5, 0.6) is 0 Å². The third-order valence-corrected chi connectivity index (χ3v) is 7.05. The van der Waals surface area contributed by atoms with Crippen molar-refractivity contribution in [2.45, 2.75) is 51.1 Å². The molecular weight excluding hydrogens is 358 g/mol. The van der Waals surface area contributed by atoms with E-state index in [0.29, 0.717) is 16.8 Å². The van der Waals surface area contributed by atoms with Crippen molar-refractivity contribution in [3.8, 4) is 5.69 Å². The molecule has 2 aliphatic rings. The standard InChI is InChI=1S/C20H27N5OS/c1-14-7-8-18(11-15(14)2)25-20(21-22-23-25)27-13-19(26)24-10-9-16-5-3-4-6-17(16)12-24/h7-8,11,16-17H,3-6,9-10,12-13H2,1-2H3/t16-,17-/m0/s1. The number of aromatic nitrogens is 4. The molecule has 0 spiro atoms. The lowest BCUT2D eigenvalue weighted by Gasteiger charge is -2.41. The number of nitrogens with zero attached hydrogens (tertiary/aromatic N) is 5. The average molecular weight is 386 g/mol. The van der Waals surface area contributed by atoms with Gasteiger partial charge in [0.2, 0.25) is 11.1 Å². The van der Waals surface area contributed by atoms with Crippen LogP contribution < -0.4 is 0 Å². The van der Waals surface area contributed by atoms with Crippen LogP contribution in [0.25, 0.3) is 5.69 Å². The summed E-state index contributed by atoms with van der Waals surface area (Å²) in [5.74, 6) is 2.15. The number of thioether (sulfide) groups is 1. The summed E-state index contributed by atoms with van der Waals surface area (Å²) in [4.78, 5) is 14.8. The number of benzene rings is 1. The van der Waals surface area contributed by atoms with E-state index < -0.39 is 0 Å². The second-order valence-corrected chi connectivity index (χ2v) is 8.81. The predicted octanol–water partition coefficient (Wildman–Crippen LogP) is 3.41. The number of rotatable bonds is 4. The van der Waals surface area contributed by atoms with Crippen molar-refractivity contribution in [3.63, 3.8) is 0 Å². The Morgan fingerprint density at radius 2 is 1.96 bits per heavy atom. The predicted molar refractivity (Wildman–Crippen MR) is 106 cm³/mol. The monoisotopic (exact) mass is 385 g/mol. The molecule has 1 saturated carbocycles. The molecule has 4 rings (SSSR count). The molecule has 0 bridgehead atoms. The maximum Gasteiger partial charge on any atom is 0.233 e. The Labute approximate surface area is 164 Å². The van der Waals surface area contributed by atoms with E-state index in [2.05, 4.69) is 46.4 Å². The van der Waals surface area contributed by atoms with Crippen LogP contribution in [0, 0.1) is 25.7 Å². The largest absolute Gasteiger partial charge is 0.342 e. The van der Waals surface area contributed by atoms with E-state index in [0.717, 1.165) is 24.7 Å². The number of likely N-dealkylation sites (tertiary alicyclic amines) is 1. The first-order valence-corrected chi connectivity index (χ1v) is 10.9.